The van der Waals surface area contributed by atoms with Crippen LogP contribution < -0.4 is 10.6 Å². The van der Waals surface area contributed by atoms with E-state index in [1.165, 1.54) is 18.9 Å². The molecule has 2 aliphatic rings. The van der Waals surface area contributed by atoms with Gasteiger partial charge in [0.05, 0.1) is 22.0 Å². The summed E-state index contributed by atoms with van der Waals surface area (Å²) >= 11 is 6.25. The van der Waals surface area contributed by atoms with Crippen LogP contribution in [-0.2, 0) is 12.6 Å². The summed E-state index contributed by atoms with van der Waals surface area (Å²) in [5.74, 6) is 2.46. The lowest BCUT2D eigenvalue weighted by Gasteiger charge is -2.23. The Kier molecular flexibility index (Phi) is 5.46. The summed E-state index contributed by atoms with van der Waals surface area (Å²) in [6.07, 6.45) is 0.715. The topological polar surface area (TPSA) is 55.0 Å². The monoisotopic (exact) mass is 424 g/mol. The summed E-state index contributed by atoms with van der Waals surface area (Å²) in [5.41, 5.74) is 7.73. The number of halogens is 4. The summed E-state index contributed by atoms with van der Waals surface area (Å²) in [4.78, 5) is 11.4. The highest BCUT2D eigenvalue weighted by Gasteiger charge is 2.38. The standard InChI is InChI=1S/C21H24ClF3N4/c1-12-27-19(15(3-2-9-26)13-4-5-13)16-8-10-29(20(16)28-12)18-7-6-14(11-17(18)22)21(23,24)25/h6-7,11,13,15H,2-5,8-10,26H2,1H3. The van der Waals surface area contributed by atoms with Crippen molar-refractivity contribution >= 4 is 23.1 Å². The van der Waals surface area contributed by atoms with E-state index in [1.54, 1.807) is 0 Å². The Labute approximate surface area is 173 Å². The Balaban J connectivity index is 1.72. The third kappa shape index (κ3) is 4.08. The maximum Gasteiger partial charge on any atom is 0.416 e. The Morgan fingerprint density at radius 3 is 2.66 bits per heavy atom. The third-order valence-electron chi connectivity index (χ3n) is 5.80. The first-order valence-electron chi connectivity index (χ1n) is 10.0. The molecule has 156 valence electrons. The van der Waals surface area contributed by atoms with Crippen LogP contribution in [0.15, 0.2) is 18.2 Å². The second-order valence-corrected chi connectivity index (χ2v) is 8.31. The van der Waals surface area contributed by atoms with Crippen molar-refractivity contribution in [2.24, 2.45) is 11.7 Å². The first-order valence-corrected chi connectivity index (χ1v) is 10.4. The van der Waals surface area contributed by atoms with Gasteiger partial charge in [-0.3, -0.25) is 0 Å². The minimum Gasteiger partial charge on any atom is -0.330 e. The first kappa shape index (κ1) is 20.4. The molecule has 1 aliphatic carbocycles. The molecule has 1 unspecified atom stereocenters. The largest absolute Gasteiger partial charge is 0.416 e. The van der Waals surface area contributed by atoms with E-state index in [-0.39, 0.29) is 5.02 Å². The van der Waals surface area contributed by atoms with Crippen LogP contribution in [0.4, 0.5) is 24.7 Å². The van der Waals surface area contributed by atoms with Crippen molar-refractivity contribution in [3.05, 3.63) is 45.9 Å². The van der Waals surface area contributed by atoms with Gasteiger partial charge in [-0.25, -0.2) is 9.97 Å². The molecule has 8 heteroatoms. The molecular weight excluding hydrogens is 401 g/mol. The van der Waals surface area contributed by atoms with Gasteiger partial charge in [0.25, 0.3) is 0 Å². The van der Waals surface area contributed by atoms with Crippen LogP contribution in [0, 0.1) is 12.8 Å². The van der Waals surface area contributed by atoms with Crippen LogP contribution in [0.2, 0.25) is 5.02 Å². The minimum atomic E-state index is -4.42. The van der Waals surface area contributed by atoms with Crippen molar-refractivity contribution in [2.45, 2.75) is 51.1 Å². The summed E-state index contributed by atoms with van der Waals surface area (Å²) in [7, 11) is 0. The predicted molar refractivity (Wildman–Crippen MR) is 108 cm³/mol. The highest BCUT2D eigenvalue weighted by Crippen LogP contribution is 2.48. The smallest absolute Gasteiger partial charge is 0.330 e. The number of fused-ring (bicyclic) bond motifs is 1. The molecule has 1 aromatic carbocycles. The quantitative estimate of drug-likeness (QED) is 0.676. The van der Waals surface area contributed by atoms with Crippen LogP contribution in [0.5, 0.6) is 0 Å². The Hall–Kier alpha value is -1.86. The van der Waals surface area contributed by atoms with Crippen molar-refractivity contribution in [2.75, 3.05) is 18.0 Å². The average molecular weight is 425 g/mol. The minimum absolute atomic E-state index is 0.0763. The number of nitrogens with two attached hydrogens (primary N) is 1. The lowest BCUT2D eigenvalue weighted by molar-refractivity contribution is -0.137. The molecule has 2 heterocycles. The third-order valence-corrected chi connectivity index (χ3v) is 6.10. The first-order chi connectivity index (χ1) is 13.8. The fourth-order valence-electron chi connectivity index (χ4n) is 4.27. The molecule has 1 saturated carbocycles. The van der Waals surface area contributed by atoms with Gasteiger partial charge in [-0.05, 0) is 69.7 Å². The van der Waals surface area contributed by atoms with Gasteiger partial charge in [0.1, 0.15) is 11.6 Å². The van der Waals surface area contributed by atoms with Crippen molar-refractivity contribution in [3.63, 3.8) is 0 Å². The molecule has 0 amide bonds. The van der Waals surface area contributed by atoms with E-state index in [1.807, 2.05) is 11.8 Å². The Bertz CT molecular complexity index is 912. The summed E-state index contributed by atoms with van der Waals surface area (Å²) in [6.45, 7) is 3.14. The van der Waals surface area contributed by atoms with Gasteiger partial charge in [0.2, 0.25) is 0 Å². The highest BCUT2D eigenvalue weighted by atomic mass is 35.5. The van der Waals surface area contributed by atoms with E-state index in [4.69, 9.17) is 22.3 Å². The number of aryl methyl sites for hydroxylation is 1. The summed E-state index contributed by atoms with van der Waals surface area (Å²) < 4.78 is 39.0. The second kappa shape index (κ2) is 7.76. The maximum absolute atomic E-state index is 13.0. The van der Waals surface area contributed by atoms with E-state index in [0.717, 1.165) is 48.5 Å². The molecule has 0 saturated heterocycles. The molecular formula is C21H24ClF3N4. The number of aromatic nitrogens is 2. The molecule has 1 aromatic heterocycles. The zero-order valence-corrected chi connectivity index (χ0v) is 17.0. The number of anilines is 2. The van der Waals surface area contributed by atoms with E-state index < -0.39 is 11.7 Å². The van der Waals surface area contributed by atoms with Crippen LogP contribution in [0.3, 0.4) is 0 Å². The van der Waals surface area contributed by atoms with Crippen LogP contribution in [0.25, 0.3) is 0 Å². The molecule has 1 fully saturated rings. The van der Waals surface area contributed by atoms with Crippen LogP contribution in [0.1, 0.15) is 54.2 Å². The molecule has 1 atom stereocenters. The van der Waals surface area contributed by atoms with E-state index in [0.29, 0.717) is 36.4 Å². The van der Waals surface area contributed by atoms with Gasteiger partial charge in [-0.1, -0.05) is 11.6 Å². The van der Waals surface area contributed by atoms with E-state index >= 15 is 0 Å². The number of benzene rings is 1. The molecule has 0 spiro atoms. The Morgan fingerprint density at radius 2 is 2.03 bits per heavy atom. The molecule has 4 rings (SSSR count). The number of nitrogens with zero attached hydrogens (tertiary/aromatic N) is 3. The second-order valence-electron chi connectivity index (χ2n) is 7.90. The number of hydrogen-bond acceptors (Lipinski definition) is 4. The SMILES string of the molecule is Cc1nc(C(CCCN)C2CC2)c2c(n1)N(c1ccc(C(F)(F)F)cc1Cl)CC2. The van der Waals surface area contributed by atoms with Gasteiger partial charge < -0.3 is 10.6 Å². The van der Waals surface area contributed by atoms with Gasteiger partial charge in [0.15, 0.2) is 0 Å². The molecule has 4 nitrogen and oxygen atoms in total. The molecule has 2 aromatic rings. The summed E-state index contributed by atoms with van der Waals surface area (Å²) in [6, 6.07) is 3.49. The van der Waals surface area contributed by atoms with Crippen molar-refractivity contribution in [1.82, 2.24) is 9.97 Å². The highest BCUT2D eigenvalue weighted by molar-refractivity contribution is 6.33. The lowest BCUT2D eigenvalue weighted by Crippen LogP contribution is -2.16. The zero-order valence-electron chi connectivity index (χ0n) is 16.3. The number of rotatable bonds is 6. The van der Waals surface area contributed by atoms with Crippen molar-refractivity contribution in [3.8, 4) is 0 Å². The molecule has 2 N–H and O–H groups in total. The van der Waals surface area contributed by atoms with Crippen LogP contribution in [-0.4, -0.2) is 23.1 Å². The van der Waals surface area contributed by atoms with Gasteiger partial charge in [-0.15, -0.1) is 0 Å². The number of alkyl halides is 3. The fraction of sp³-hybridized carbons (Fsp3) is 0.524. The molecule has 0 radical (unpaired) electrons. The van der Waals surface area contributed by atoms with Gasteiger partial charge >= 0.3 is 6.18 Å². The average Bonchev–Trinajstić information content (AvgIpc) is 3.41. The van der Waals surface area contributed by atoms with E-state index in [2.05, 4.69) is 4.98 Å². The van der Waals surface area contributed by atoms with E-state index in [9.17, 15) is 13.2 Å². The normalized spacial score (nSPS) is 17.5. The number of hydrogen-bond donors (Lipinski definition) is 1. The molecule has 1 aliphatic heterocycles. The lowest BCUT2D eigenvalue weighted by atomic mass is 9.90. The predicted octanol–water partition coefficient (Wildman–Crippen LogP) is 5.38. The van der Waals surface area contributed by atoms with Crippen LogP contribution >= 0.6 is 11.6 Å². The zero-order chi connectivity index (χ0) is 20.8. The van der Waals surface area contributed by atoms with Gasteiger partial charge in [0, 0.05) is 18.0 Å². The maximum atomic E-state index is 13.0. The Morgan fingerprint density at radius 1 is 1.28 bits per heavy atom. The molecule has 0 bridgehead atoms. The molecule has 29 heavy (non-hydrogen) atoms. The van der Waals surface area contributed by atoms with Crippen molar-refractivity contribution < 1.29 is 13.2 Å². The van der Waals surface area contributed by atoms with Crippen molar-refractivity contribution in [1.29, 1.82) is 0 Å². The summed E-state index contributed by atoms with van der Waals surface area (Å²) in [5, 5.41) is 0.0763. The fourth-order valence-corrected chi connectivity index (χ4v) is 4.55. The van der Waals surface area contributed by atoms with Gasteiger partial charge in [-0.2, -0.15) is 13.2 Å².